The quantitative estimate of drug-likeness (QED) is 0.195. The molecule has 0 aliphatic carbocycles. The summed E-state index contributed by atoms with van der Waals surface area (Å²) in [5.41, 5.74) is 9.60. The van der Waals surface area contributed by atoms with Gasteiger partial charge >= 0.3 is 0 Å². The van der Waals surface area contributed by atoms with Gasteiger partial charge in [0, 0.05) is 29.3 Å². The van der Waals surface area contributed by atoms with Gasteiger partial charge in [-0.05, 0) is 42.8 Å². The molecule has 8 nitrogen and oxygen atoms in total. The second-order valence-electron chi connectivity index (χ2n) is 6.81. The van der Waals surface area contributed by atoms with Gasteiger partial charge in [0.05, 0.1) is 11.4 Å². The predicted molar refractivity (Wildman–Crippen MR) is 123 cm³/mol. The molecule has 1 amide bonds. The molecule has 156 valence electrons. The molecule has 31 heavy (non-hydrogen) atoms. The van der Waals surface area contributed by atoms with Crippen molar-refractivity contribution < 1.29 is 4.79 Å². The lowest BCUT2D eigenvalue weighted by molar-refractivity contribution is 0.102. The van der Waals surface area contributed by atoms with Crippen molar-refractivity contribution in [2.45, 2.75) is 17.8 Å². The third-order valence-corrected chi connectivity index (χ3v) is 5.32. The van der Waals surface area contributed by atoms with Gasteiger partial charge in [0.15, 0.2) is 11.0 Å². The van der Waals surface area contributed by atoms with Crippen molar-refractivity contribution in [2.75, 3.05) is 16.4 Å². The van der Waals surface area contributed by atoms with E-state index in [1.807, 2.05) is 37.3 Å². The molecule has 2 aromatic carbocycles. The summed E-state index contributed by atoms with van der Waals surface area (Å²) < 4.78 is 0. The molecule has 4 rings (SSSR count). The molecule has 0 fully saturated rings. The predicted octanol–water partition coefficient (Wildman–Crippen LogP) is 4.38. The maximum atomic E-state index is 12.4. The fraction of sp³-hybridized carbons (Fsp3) is 0.0909. The second-order valence-corrected chi connectivity index (χ2v) is 7.76. The molecule has 9 heteroatoms. The lowest BCUT2D eigenvalue weighted by Crippen LogP contribution is -2.13. The van der Waals surface area contributed by atoms with Crippen LogP contribution in [-0.2, 0) is 5.75 Å². The van der Waals surface area contributed by atoms with Crippen molar-refractivity contribution in [3.8, 4) is 0 Å². The lowest BCUT2D eigenvalue weighted by atomic mass is 10.1. The van der Waals surface area contributed by atoms with E-state index in [0.29, 0.717) is 39.5 Å². The average Bonchev–Trinajstić information content (AvgIpc) is 3.19. The van der Waals surface area contributed by atoms with Gasteiger partial charge in [0.25, 0.3) is 5.91 Å². The topological polar surface area (TPSA) is 122 Å². The fourth-order valence-electron chi connectivity index (χ4n) is 2.80. The van der Waals surface area contributed by atoms with E-state index in [4.69, 9.17) is 5.73 Å². The van der Waals surface area contributed by atoms with Crippen LogP contribution in [0.15, 0.2) is 72.0 Å². The number of hydrogen-bond acceptors (Lipinski definition) is 7. The van der Waals surface area contributed by atoms with Crippen LogP contribution < -0.4 is 16.4 Å². The maximum absolute atomic E-state index is 12.4. The normalized spacial score (nSPS) is 10.6. The van der Waals surface area contributed by atoms with Gasteiger partial charge in [-0.2, -0.15) is 5.10 Å². The van der Waals surface area contributed by atoms with Crippen molar-refractivity contribution in [1.82, 2.24) is 20.2 Å². The van der Waals surface area contributed by atoms with Crippen molar-refractivity contribution in [2.24, 2.45) is 0 Å². The Hall–Kier alpha value is -3.85. The van der Waals surface area contributed by atoms with E-state index in [2.05, 4.69) is 30.8 Å². The van der Waals surface area contributed by atoms with E-state index < -0.39 is 0 Å². The Bertz CT molecular complexity index is 1190. The lowest BCUT2D eigenvalue weighted by Gasteiger charge is -2.08. The van der Waals surface area contributed by atoms with Gasteiger partial charge in [0.1, 0.15) is 5.82 Å². The van der Waals surface area contributed by atoms with Crippen LogP contribution in [0, 0.1) is 6.92 Å². The zero-order chi connectivity index (χ0) is 21.6. The number of benzene rings is 2. The van der Waals surface area contributed by atoms with Gasteiger partial charge in [0.2, 0.25) is 0 Å². The molecule has 2 heterocycles. The van der Waals surface area contributed by atoms with Gasteiger partial charge in [-0.3, -0.25) is 9.89 Å². The summed E-state index contributed by atoms with van der Waals surface area (Å²) in [6.07, 6.45) is 1.71. The molecular weight excluding hydrogens is 410 g/mol. The summed E-state index contributed by atoms with van der Waals surface area (Å²) in [6, 6.07) is 18.3. The van der Waals surface area contributed by atoms with Gasteiger partial charge in [-0.1, -0.05) is 36.0 Å². The molecule has 2 aromatic heterocycles. The molecule has 0 bridgehead atoms. The first-order valence-corrected chi connectivity index (χ1v) is 10.5. The number of nitrogens with one attached hydrogen (secondary N) is 3. The Morgan fingerprint density at radius 1 is 1.10 bits per heavy atom. The number of amides is 1. The number of nitrogens with two attached hydrogens (primary N) is 1. The third-order valence-electron chi connectivity index (χ3n) is 4.39. The Balaban J connectivity index is 1.34. The van der Waals surface area contributed by atoms with E-state index in [1.54, 1.807) is 36.5 Å². The molecule has 0 radical (unpaired) electrons. The summed E-state index contributed by atoms with van der Waals surface area (Å²) in [7, 11) is 0. The number of nitrogens with zero attached hydrogens (tertiary/aromatic N) is 3. The van der Waals surface area contributed by atoms with Crippen LogP contribution >= 0.6 is 11.8 Å². The second kappa shape index (κ2) is 9.31. The van der Waals surface area contributed by atoms with Crippen LogP contribution in [-0.4, -0.2) is 26.1 Å². The molecule has 0 aliphatic heterocycles. The Morgan fingerprint density at radius 2 is 1.90 bits per heavy atom. The third kappa shape index (κ3) is 5.40. The van der Waals surface area contributed by atoms with E-state index in [1.165, 1.54) is 11.8 Å². The minimum Gasteiger partial charge on any atom is -0.397 e. The molecule has 0 spiro atoms. The monoisotopic (exact) mass is 431 g/mol. The molecule has 4 aromatic rings. The Labute approximate surface area is 183 Å². The van der Waals surface area contributed by atoms with Crippen LogP contribution in [0.5, 0.6) is 0 Å². The van der Waals surface area contributed by atoms with E-state index >= 15 is 0 Å². The maximum Gasteiger partial charge on any atom is 0.255 e. The number of aromatic amines is 1. The highest BCUT2D eigenvalue weighted by atomic mass is 32.2. The number of H-pyrrole nitrogens is 1. The Kier molecular flexibility index (Phi) is 6.13. The van der Waals surface area contributed by atoms with Crippen LogP contribution in [0.25, 0.3) is 0 Å². The summed E-state index contributed by atoms with van der Waals surface area (Å²) in [6.45, 7) is 1.94. The van der Waals surface area contributed by atoms with Crippen LogP contribution in [0.1, 0.15) is 21.6 Å². The van der Waals surface area contributed by atoms with E-state index in [9.17, 15) is 4.79 Å². The van der Waals surface area contributed by atoms with Crippen LogP contribution in [0.3, 0.4) is 0 Å². The van der Waals surface area contributed by atoms with Crippen molar-refractivity contribution in [3.05, 3.63) is 83.7 Å². The van der Waals surface area contributed by atoms with Crippen LogP contribution in [0.2, 0.25) is 0 Å². The van der Waals surface area contributed by atoms with Crippen molar-refractivity contribution >= 4 is 40.7 Å². The molecule has 5 N–H and O–H groups in total. The SMILES string of the molecule is Cc1cc(Nc2ccnc(SCc3ccc(C(=O)Nc4ccccc4N)cc3)n2)n[nH]1. The van der Waals surface area contributed by atoms with Gasteiger partial charge < -0.3 is 16.4 Å². The van der Waals surface area contributed by atoms with Crippen molar-refractivity contribution in [3.63, 3.8) is 0 Å². The molecule has 0 saturated heterocycles. The standard InChI is InChI=1S/C22H21N7OS/c1-14-12-20(29-28-14)26-19-10-11-24-22(27-19)31-13-15-6-8-16(9-7-15)21(30)25-18-5-3-2-4-17(18)23/h2-12H,13,23H2,1H3,(H,25,30)(H2,24,26,27,28,29). The molecule has 0 aliphatic rings. The summed E-state index contributed by atoms with van der Waals surface area (Å²) in [5.74, 6) is 1.86. The number of hydrogen-bond donors (Lipinski definition) is 4. The minimum absolute atomic E-state index is 0.201. The zero-order valence-electron chi connectivity index (χ0n) is 16.8. The minimum atomic E-state index is -0.201. The van der Waals surface area contributed by atoms with E-state index in [-0.39, 0.29) is 5.91 Å². The van der Waals surface area contributed by atoms with Crippen LogP contribution in [0.4, 0.5) is 23.0 Å². The van der Waals surface area contributed by atoms with Crippen molar-refractivity contribution in [1.29, 1.82) is 0 Å². The number of rotatable bonds is 7. The molecule has 0 atom stereocenters. The largest absolute Gasteiger partial charge is 0.397 e. The number of aryl methyl sites for hydroxylation is 1. The molecule has 0 saturated carbocycles. The smallest absolute Gasteiger partial charge is 0.255 e. The number of thioether (sulfide) groups is 1. The van der Waals surface area contributed by atoms with Gasteiger partial charge in [-0.15, -0.1) is 0 Å². The van der Waals surface area contributed by atoms with E-state index in [0.717, 1.165) is 11.3 Å². The average molecular weight is 432 g/mol. The zero-order valence-corrected chi connectivity index (χ0v) is 17.6. The first kappa shape index (κ1) is 20.4. The fourth-order valence-corrected chi connectivity index (χ4v) is 3.59. The van der Waals surface area contributed by atoms with Gasteiger partial charge in [-0.25, -0.2) is 9.97 Å². The summed E-state index contributed by atoms with van der Waals surface area (Å²) in [5, 5.41) is 13.7. The number of anilines is 4. The molecular formula is C22H21N7OS. The number of carbonyl (C=O) groups is 1. The highest BCUT2D eigenvalue weighted by Gasteiger charge is 2.09. The highest BCUT2D eigenvalue weighted by Crippen LogP contribution is 2.22. The molecule has 0 unspecified atom stereocenters. The number of nitrogen functional groups attached to an aromatic ring is 1. The number of carbonyl (C=O) groups excluding carboxylic acids is 1. The first-order chi connectivity index (χ1) is 15.1. The highest BCUT2D eigenvalue weighted by molar-refractivity contribution is 7.98. The first-order valence-electron chi connectivity index (χ1n) is 9.56. The summed E-state index contributed by atoms with van der Waals surface area (Å²) >= 11 is 1.51. The number of para-hydroxylation sites is 2. The number of aromatic nitrogens is 4. The Morgan fingerprint density at radius 3 is 2.65 bits per heavy atom. The summed E-state index contributed by atoms with van der Waals surface area (Å²) in [4.78, 5) is 21.3.